The van der Waals surface area contributed by atoms with E-state index in [2.05, 4.69) is 13.8 Å². The molecule has 0 bridgehead atoms. The van der Waals surface area contributed by atoms with Gasteiger partial charge in [0, 0.05) is 6.42 Å². The molecule has 0 heterocycles. The Balaban J connectivity index is 2.05. The van der Waals surface area contributed by atoms with Crippen molar-refractivity contribution >= 4 is 0 Å². The molecule has 0 aliphatic heterocycles. The van der Waals surface area contributed by atoms with Crippen molar-refractivity contribution in [1.82, 2.24) is 0 Å². The Morgan fingerprint density at radius 3 is 2.38 bits per heavy atom. The van der Waals surface area contributed by atoms with Crippen LogP contribution >= 0.6 is 0 Å². The van der Waals surface area contributed by atoms with Gasteiger partial charge in [0.05, 0.1) is 11.2 Å². The Labute approximate surface area is 124 Å². The van der Waals surface area contributed by atoms with Gasteiger partial charge in [0.15, 0.2) is 0 Å². The molecule has 1 aliphatic carbocycles. The second-order valence-corrected chi connectivity index (χ2v) is 6.68. The summed E-state index contributed by atoms with van der Waals surface area (Å²) in [6.07, 6.45) is -0.770. The Bertz CT molecular complexity index is 471. The lowest BCUT2D eigenvalue weighted by Gasteiger charge is -2.37. The van der Waals surface area contributed by atoms with Crippen LogP contribution in [0.25, 0.3) is 0 Å². The van der Waals surface area contributed by atoms with Gasteiger partial charge in [-0.2, -0.15) is 13.2 Å². The molecule has 1 aliphatic rings. The first kappa shape index (κ1) is 16.3. The maximum atomic E-state index is 12.7. The van der Waals surface area contributed by atoms with Crippen molar-refractivity contribution in [3.63, 3.8) is 0 Å². The highest BCUT2D eigenvalue weighted by molar-refractivity contribution is 5.27. The summed E-state index contributed by atoms with van der Waals surface area (Å²) in [5.74, 6) is 1.22. The van der Waals surface area contributed by atoms with E-state index in [9.17, 15) is 18.3 Å². The summed E-state index contributed by atoms with van der Waals surface area (Å²) in [6.45, 7) is 4.36. The van der Waals surface area contributed by atoms with Crippen LogP contribution in [0.4, 0.5) is 13.2 Å². The van der Waals surface area contributed by atoms with E-state index < -0.39 is 17.3 Å². The Morgan fingerprint density at radius 1 is 1.24 bits per heavy atom. The molecule has 0 unspecified atom stereocenters. The number of alkyl halides is 3. The summed E-state index contributed by atoms with van der Waals surface area (Å²) in [6, 6.07) is 5.32. The van der Waals surface area contributed by atoms with Crippen molar-refractivity contribution in [2.45, 2.75) is 57.7 Å². The summed E-state index contributed by atoms with van der Waals surface area (Å²) in [5, 5.41) is 10.6. The fourth-order valence-corrected chi connectivity index (χ4v) is 3.26. The van der Waals surface area contributed by atoms with E-state index in [0.29, 0.717) is 36.7 Å². The largest absolute Gasteiger partial charge is 0.416 e. The molecule has 0 aromatic heterocycles. The molecule has 0 amide bonds. The molecule has 1 nitrogen and oxygen atoms in total. The minimum atomic E-state index is -4.33. The lowest BCUT2D eigenvalue weighted by atomic mass is 9.72. The third-order valence-corrected chi connectivity index (χ3v) is 4.69. The van der Waals surface area contributed by atoms with Crippen molar-refractivity contribution in [3.8, 4) is 0 Å². The van der Waals surface area contributed by atoms with Gasteiger partial charge in [-0.05, 0) is 49.1 Å². The van der Waals surface area contributed by atoms with Gasteiger partial charge < -0.3 is 5.11 Å². The lowest BCUT2D eigenvalue weighted by Crippen LogP contribution is -2.37. The van der Waals surface area contributed by atoms with Gasteiger partial charge in [-0.15, -0.1) is 0 Å². The zero-order chi connectivity index (χ0) is 15.7. The summed E-state index contributed by atoms with van der Waals surface area (Å²) in [7, 11) is 0. The van der Waals surface area contributed by atoms with Crippen molar-refractivity contribution < 1.29 is 18.3 Å². The minimum absolute atomic E-state index is 0.307. The van der Waals surface area contributed by atoms with Gasteiger partial charge in [-0.1, -0.05) is 32.0 Å². The number of hydrogen-bond acceptors (Lipinski definition) is 1. The molecule has 4 heteroatoms. The number of hydrogen-bond donors (Lipinski definition) is 1. The fourth-order valence-electron chi connectivity index (χ4n) is 3.26. The molecule has 1 aromatic carbocycles. The Morgan fingerprint density at radius 2 is 1.86 bits per heavy atom. The van der Waals surface area contributed by atoms with Crippen LogP contribution in [0.5, 0.6) is 0 Å². The third-order valence-electron chi connectivity index (χ3n) is 4.69. The molecule has 1 saturated carbocycles. The van der Waals surface area contributed by atoms with E-state index in [0.717, 1.165) is 25.0 Å². The molecule has 21 heavy (non-hydrogen) atoms. The molecule has 1 aromatic rings. The van der Waals surface area contributed by atoms with Gasteiger partial charge in [0.25, 0.3) is 0 Å². The normalized spacial score (nSPS) is 27.1. The van der Waals surface area contributed by atoms with Crippen LogP contribution in [0.2, 0.25) is 0 Å². The standard InChI is InChI=1S/C17H23F3O/c1-12(2)14-6-8-16(21,9-7-14)11-13-4-3-5-15(10-13)17(18,19)20/h3-5,10,12,14,21H,6-9,11H2,1-2H3. The molecule has 118 valence electrons. The Hall–Kier alpha value is -1.03. The zero-order valence-corrected chi connectivity index (χ0v) is 12.6. The number of rotatable bonds is 3. The van der Waals surface area contributed by atoms with Crippen molar-refractivity contribution in [1.29, 1.82) is 0 Å². The second-order valence-electron chi connectivity index (χ2n) is 6.68. The van der Waals surface area contributed by atoms with Crippen LogP contribution in [0, 0.1) is 11.8 Å². The van der Waals surface area contributed by atoms with E-state index in [1.807, 2.05) is 0 Å². The van der Waals surface area contributed by atoms with Crippen LogP contribution in [-0.4, -0.2) is 10.7 Å². The highest BCUT2D eigenvalue weighted by atomic mass is 19.4. The zero-order valence-electron chi connectivity index (χ0n) is 12.6. The first-order chi connectivity index (χ1) is 9.70. The molecule has 0 radical (unpaired) electrons. The maximum Gasteiger partial charge on any atom is 0.416 e. The SMILES string of the molecule is CC(C)C1CCC(O)(Cc2cccc(C(F)(F)F)c2)CC1. The summed E-state index contributed by atoms with van der Waals surface area (Å²) in [4.78, 5) is 0. The molecule has 0 spiro atoms. The maximum absolute atomic E-state index is 12.7. The second kappa shape index (κ2) is 5.99. The average Bonchev–Trinajstić information content (AvgIpc) is 2.38. The smallest absolute Gasteiger partial charge is 0.390 e. The predicted octanol–water partition coefficient (Wildman–Crippen LogP) is 4.83. The molecule has 1 N–H and O–H groups in total. The van der Waals surface area contributed by atoms with Gasteiger partial charge in [-0.25, -0.2) is 0 Å². The van der Waals surface area contributed by atoms with Gasteiger partial charge in [-0.3, -0.25) is 0 Å². The highest BCUT2D eigenvalue weighted by Gasteiger charge is 2.35. The highest BCUT2D eigenvalue weighted by Crippen LogP contribution is 2.38. The van der Waals surface area contributed by atoms with Crippen molar-refractivity contribution in [2.24, 2.45) is 11.8 Å². The van der Waals surface area contributed by atoms with Crippen LogP contribution in [0.3, 0.4) is 0 Å². The van der Waals surface area contributed by atoms with E-state index in [4.69, 9.17) is 0 Å². The van der Waals surface area contributed by atoms with Gasteiger partial charge in [0.2, 0.25) is 0 Å². The van der Waals surface area contributed by atoms with E-state index in [-0.39, 0.29) is 0 Å². The average molecular weight is 300 g/mol. The quantitative estimate of drug-likeness (QED) is 0.848. The number of aliphatic hydroxyl groups is 1. The third kappa shape index (κ3) is 4.22. The summed E-state index contributed by atoms with van der Waals surface area (Å²) >= 11 is 0. The first-order valence-corrected chi connectivity index (χ1v) is 7.58. The Kier molecular flexibility index (Phi) is 4.66. The van der Waals surface area contributed by atoms with Gasteiger partial charge >= 0.3 is 6.18 Å². The monoisotopic (exact) mass is 300 g/mol. The first-order valence-electron chi connectivity index (χ1n) is 7.58. The topological polar surface area (TPSA) is 20.2 Å². The molecular weight excluding hydrogens is 277 g/mol. The molecule has 0 atom stereocenters. The summed E-state index contributed by atoms with van der Waals surface area (Å²) in [5.41, 5.74) is -0.926. The number of benzene rings is 1. The van der Waals surface area contributed by atoms with Crippen molar-refractivity contribution in [3.05, 3.63) is 35.4 Å². The molecule has 0 saturated heterocycles. The predicted molar refractivity (Wildman–Crippen MR) is 76.9 cm³/mol. The van der Waals surface area contributed by atoms with E-state index >= 15 is 0 Å². The summed E-state index contributed by atoms with van der Waals surface area (Å²) < 4.78 is 38.2. The van der Waals surface area contributed by atoms with Crippen LogP contribution in [0.1, 0.15) is 50.7 Å². The van der Waals surface area contributed by atoms with Crippen LogP contribution < -0.4 is 0 Å². The van der Waals surface area contributed by atoms with Crippen LogP contribution in [0.15, 0.2) is 24.3 Å². The molecule has 2 rings (SSSR count). The van der Waals surface area contributed by atoms with Gasteiger partial charge in [0.1, 0.15) is 0 Å². The fraction of sp³-hybridized carbons (Fsp3) is 0.647. The lowest BCUT2D eigenvalue weighted by molar-refractivity contribution is -0.137. The van der Waals surface area contributed by atoms with Crippen molar-refractivity contribution in [2.75, 3.05) is 0 Å². The minimum Gasteiger partial charge on any atom is -0.390 e. The molecular formula is C17H23F3O. The molecule has 1 fully saturated rings. The van der Waals surface area contributed by atoms with E-state index in [1.54, 1.807) is 6.07 Å². The van der Waals surface area contributed by atoms with E-state index in [1.165, 1.54) is 6.07 Å². The van der Waals surface area contributed by atoms with Crippen LogP contribution in [-0.2, 0) is 12.6 Å². The number of halogens is 3.